The quantitative estimate of drug-likeness (QED) is 0.793. The number of carbonyl (C=O) groups is 1. The molecule has 116 valence electrons. The number of methoxy groups -OCH3 is 1. The third-order valence-corrected chi connectivity index (χ3v) is 5.14. The molecule has 6 nitrogen and oxygen atoms in total. The van der Waals surface area contributed by atoms with Crippen LogP contribution >= 0.6 is 0 Å². The van der Waals surface area contributed by atoms with Crippen molar-refractivity contribution in [2.75, 3.05) is 13.7 Å². The largest absolute Gasteiger partial charge is 0.478 e. The van der Waals surface area contributed by atoms with Crippen molar-refractivity contribution < 1.29 is 23.1 Å². The molecule has 0 saturated heterocycles. The summed E-state index contributed by atoms with van der Waals surface area (Å²) in [6.45, 7) is 0.254. The maximum absolute atomic E-state index is 12.1. The zero-order valence-electron chi connectivity index (χ0n) is 11.8. The maximum Gasteiger partial charge on any atom is 0.335 e. The minimum atomic E-state index is -3.52. The van der Waals surface area contributed by atoms with Gasteiger partial charge >= 0.3 is 5.97 Å². The molecule has 0 heterocycles. The summed E-state index contributed by atoms with van der Waals surface area (Å²) < 4.78 is 32.1. The van der Waals surface area contributed by atoms with Gasteiger partial charge in [-0.1, -0.05) is 12.1 Å². The van der Waals surface area contributed by atoms with E-state index in [1.165, 1.54) is 18.2 Å². The summed E-state index contributed by atoms with van der Waals surface area (Å²) in [6, 6.07) is 5.94. The first-order chi connectivity index (χ1) is 9.86. The average Bonchev–Trinajstić information content (AvgIpc) is 2.37. The molecular formula is C14H19NO5S. The van der Waals surface area contributed by atoms with Crippen molar-refractivity contribution in [1.29, 1.82) is 0 Å². The number of sulfonamides is 1. The van der Waals surface area contributed by atoms with Gasteiger partial charge in [-0.05, 0) is 37.0 Å². The van der Waals surface area contributed by atoms with Gasteiger partial charge in [0.15, 0.2) is 0 Å². The molecule has 0 aliphatic heterocycles. The topological polar surface area (TPSA) is 92.7 Å². The molecule has 0 bridgehead atoms. The second-order valence-electron chi connectivity index (χ2n) is 5.33. The van der Waals surface area contributed by atoms with Crippen LogP contribution in [0.4, 0.5) is 0 Å². The summed E-state index contributed by atoms with van der Waals surface area (Å²) in [6.07, 6.45) is 2.73. The smallest absolute Gasteiger partial charge is 0.335 e. The van der Waals surface area contributed by atoms with Gasteiger partial charge in [0, 0.05) is 13.7 Å². The minimum absolute atomic E-state index is 0.0788. The van der Waals surface area contributed by atoms with Gasteiger partial charge in [-0.3, -0.25) is 0 Å². The van der Waals surface area contributed by atoms with Crippen LogP contribution < -0.4 is 4.72 Å². The van der Waals surface area contributed by atoms with Gasteiger partial charge in [0.25, 0.3) is 0 Å². The van der Waals surface area contributed by atoms with Gasteiger partial charge in [0.1, 0.15) is 0 Å². The highest BCUT2D eigenvalue weighted by atomic mass is 32.2. The van der Waals surface area contributed by atoms with E-state index in [4.69, 9.17) is 9.84 Å². The molecule has 0 amide bonds. The highest BCUT2D eigenvalue weighted by Gasteiger charge is 2.37. The van der Waals surface area contributed by atoms with Gasteiger partial charge in [-0.15, -0.1) is 0 Å². The van der Waals surface area contributed by atoms with E-state index in [1.54, 1.807) is 13.2 Å². The van der Waals surface area contributed by atoms with E-state index >= 15 is 0 Å². The van der Waals surface area contributed by atoms with Crippen LogP contribution in [-0.4, -0.2) is 38.7 Å². The first-order valence-electron chi connectivity index (χ1n) is 6.71. The molecule has 1 aliphatic rings. The summed E-state index contributed by atoms with van der Waals surface area (Å²) in [4.78, 5) is 10.9. The van der Waals surface area contributed by atoms with Crippen LogP contribution in [0.3, 0.4) is 0 Å². The minimum Gasteiger partial charge on any atom is -0.478 e. The Bertz CT molecular complexity index is 616. The molecule has 0 unspecified atom stereocenters. The number of hydrogen-bond donors (Lipinski definition) is 2. The zero-order valence-corrected chi connectivity index (χ0v) is 12.6. The van der Waals surface area contributed by atoms with Crippen LogP contribution in [0.5, 0.6) is 0 Å². The molecule has 2 rings (SSSR count). The number of hydrogen-bond acceptors (Lipinski definition) is 4. The second kappa shape index (κ2) is 6.13. The van der Waals surface area contributed by atoms with E-state index in [1.807, 2.05) is 0 Å². The third-order valence-electron chi connectivity index (χ3n) is 3.84. The Labute approximate surface area is 124 Å². The van der Waals surface area contributed by atoms with E-state index in [2.05, 4.69) is 4.72 Å². The second-order valence-corrected chi connectivity index (χ2v) is 7.13. The van der Waals surface area contributed by atoms with E-state index in [9.17, 15) is 13.2 Å². The number of nitrogens with one attached hydrogen (secondary N) is 1. The number of carboxylic acid groups (broad SMARTS) is 1. The van der Waals surface area contributed by atoms with Crippen LogP contribution in [0.1, 0.15) is 35.2 Å². The van der Waals surface area contributed by atoms with Gasteiger partial charge in [0.05, 0.1) is 16.9 Å². The van der Waals surface area contributed by atoms with E-state index < -0.39 is 16.0 Å². The molecule has 1 aromatic carbocycles. The normalized spacial score (nSPS) is 17.2. The summed E-state index contributed by atoms with van der Waals surface area (Å²) in [7, 11) is -1.93. The van der Waals surface area contributed by atoms with Crippen molar-refractivity contribution in [2.45, 2.75) is 30.6 Å². The van der Waals surface area contributed by atoms with Crippen molar-refractivity contribution in [3.63, 3.8) is 0 Å². The Balaban J connectivity index is 2.00. The number of ether oxygens (including phenoxy) is 1. The molecule has 0 aromatic heterocycles. The number of carboxylic acids is 1. The van der Waals surface area contributed by atoms with Crippen LogP contribution in [0, 0.1) is 0 Å². The first kappa shape index (κ1) is 15.9. The van der Waals surface area contributed by atoms with Crippen molar-refractivity contribution in [2.24, 2.45) is 0 Å². The van der Waals surface area contributed by atoms with E-state index in [0.29, 0.717) is 5.56 Å². The van der Waals surface area contributed by atoms with Crippen molar-refractivity contribution in [3.8, 4) is 0 Å². The van der Waals surface area contributed by atoms with Crippen LogP contribution in [-0.2, 0) is 20.5 Å². The standard InChI is InChI=1S/C14H19NO5S/c1-20-14(6-3-7-14)10-15-21(18,19)9-11-4-2-5-12(8-11)13(16)17/h2,4-5,8,15H,3,6-7,9-10H2,1H3,(H,16,17). The van der Waals surface area contributed by atoms with Crippen molar-refractivity contribution >= 4 is 16.0 Å². The number of benzene rings is 1. The Morgan fingerprint density at radius 2 is 2.14 bits per heavy atom. The van der Waals surface area contributed by atoms with Crippen molar-refractivity contribution in [3.05, 3.63) is 35.4 Å². The molecule has 7 heteroatoms. The van der Waals surface area contributed by atoms with Crippen LogP contribution in [0.25, 0.3) is 0 Å². The molecule has 0 atom stereocenters. The molecule has 21 heavy (non-hydrogen) atoms. The third kappa shape index (κ3) is 4.03. The number of rotatable bonds is 7. The van der Waals surface area contributed by atoms with Crippen molar-refractivity contribution in [1.82, 2.24) is 4.72 Å². The zero-order chi connectivity index (χ0) is 15.5. The molecule has 1 fully saturated rings. The molecule has 1 aliphatic carbocycles. The summed E-state index contributed by atoms with van der Waals surface area (Å²) in [5.74, 6) is -1.32. The Morgan fingerprint density at radius 3 is 2.67 bits per heavy atom. The van der Waals surface area contributed by atoms with E-state index in [-0.39, 0.29) is 23.5 Å². The Hall–Kier alpha value is -1.44. The van der Waals surface area contributed by atoms with E-state index in [0.717, 1.165) is 19.3 Å². The van der Waals surface area contributed by atoms with Crippen LogP contribution in [0.15, 0.2) is 24.3 Å². The fourth-order valence-corrected chi connectivity index (χ4v) is 3.53. The summed E-state index contributed by atoms with van der Waals surface area (Å²) in [5, 5.41) is 8.91. The molecule has 0 radical (unpaired) electrons. The maximum atomic E-state index is 12.1. The fourth-order valence-electron chi connectivity index (χ4n) is 2.33. The first-order valence-corrected chi connectivity index (χ1v) is 8.36. The van der Waals surface area contributed by atoms with Gasteiger partial charge in [0.2, 0.25) is 10.0 Å². The van der Waals surface area contributed by atoms with Crippen LogP contribution in [0.2, 0.25) is 0 Å². The fraction of sp³-hybridized carbons (Fsp3) is 0.500. The predicted octanol–water partition coefficient (Wildman–Crippen LogP) is 1.37. The molecular weight excluding hydrogens is 294 g/mol. The lowest BCUT2D eigenvalue weighted by atomic mass is 9.80. The van der Waals surface area contributed by atoms with Gasteiger partial charge in [-0.25, -0.2) is 17.9 Å². The highest BCUT2D eigenvalue weighted by molar-refractivity contribution is 7.88. The monoisotopic (exact) mass is 313 g/mol. The van der Waals surface area contributed by atoms with Gasteiger partial charge in [-0.2, -0.15) is 0 Å². The molecule has 1 saturated carbocycles. The highest BCUT2D eigenvalue weighted by Crippen LogP contribution is 2.34. The Morgan fingerprint density at radius 1 is 1.43 bits per heavy atom. The average molecular weight is 313 g/mol. The lowest BCUT2D eigenvalue weighted by Gasteiger charge is -2.40. The SMILES string of the molecule is COC1(CNS(=O)(=O)Cc2cccc(C(=O)O)c2)CCC1. The summed E-state index contributed by atoms with van der Waals surface area (Å²) >= 11 is 0. The molecule has 1 aromatic rings. The summed E-state index contributed by atoms with van der Waals surface area (Å²) in [5.41, 5.74) is 0.147. The molecule has 0 spiro atoms. The lowest BCUT2D eigenvalue weighted by Crippen LogP contribution is -2.49. The number of aromatic carboxylic acids is 1. The van der Waals surface area contributed by atoms with Gasteiger partial charge < -0.3 is 9.84 Å². The Kier molecular flexibility index (Phi) is 4.65. The lowest BCUT2D eigenvalue weighted by molar-refractivity contribution is -0.0659. The predicted molar refractivity (Wildman–Crippen MR) is 77.6 cm³/mol. The molecule has 2 N–H and O–H groups in total.